The molecule has 62 heavy (non-hydrogen) atoms. The molecule has 0 amide bonds. The van der Waals surface area contributed by atoms with Crippen LogP contribution in [0.15, 0.2) is 152 Å². The summed E-state index contributed by atoms with van der Waals surface area (Å²) in [6.45, 7) is 0.245. The van der Waals surface area contributed by atoms with Crippen molar-refractivity contribution < 1.29 is 52.3 Å². The van der Waals surface area contributed by atoms with Crippen molar-refractivity contribution in [2.75, 3.05) is 26.9 Å². The van der Waals surface area contributed by atoms with Crippen LogP contribution in [-0.4, -0.2) is 93.2 Å². The number of carbonyl (C=O) groups excluding carboxylic acids is 4. The van der Waals surface area contributed by atoms with E-state index < -0.39 is 60.6 Å². The van der Waals surface area contributed by atoms with Gasteiger partial charge < -0.3 is 38.5 Å². The number of benzene rings is 5. The molecule has 1 heterocycles. The fraction of sp³-hybridized carbons (Fsp3) is 0.320. The number of ether oxygens (including phenoxy) is 7. The summed E-state index contributed by atoms with van der Waals surface area (Å²) < 4.78 is 43.9. The molecule has 322 valence electrons. The first-order valence-electron chi connectivity index (χ1n) is 20.8. The summed E-state index contributed by atoms with van der Waals surface area (Å²) in [7, 11) is 1.27. The number of nitrogens with one attached hydrogen (secondary N) is 1. The molecule has 0 radical (unpaired) electrons. The Morgan fingerprint density at radius 1 is 0.597 bits per heavy atom. The number of Topliss-reactive ketones (excluding diaryl/α,β-unsaturated/α-hetero) is 1. The third kappa shape index (κ3) is 11.9. The summed E-state index contributed by atoms with van der Waals surface area (Å²) in [5, 5.41) is 3.38. The molecule has 1 N–H and O–H groups in total. The quantitative estimate of drug-likeness (QED) is 0.0562. The lowest BCUT2D eigenvalue weighted by Gasteiger charge is -2.46. The molecule has 12 heteroatoms. The molecule has 0 bridgehead atoms. The predicted octanol–water partition coefficient (Wildman–Crippen LogP) is 6.82. The number of ketones is 1. The number of esters is 3. The minimum Gasteiger partial charge on any atom is -0.467 e. The van der Waals surface area contributed by atoms with E-state index >= 15 is 0 Å². The number of hydrogen-bond acceptors (Lipinski definition) is 12. The Hall–Kier alpha value is -6.02. The van der Waals surface area contributed by atoms with E-state index in [1.165, 1.54) is 7.11 Å². The average Bonchev–Trinajstić information content (AvgIpc) is 3.33. The third-order valence-electron chi connectivity index (χ3n) is 11.0. The lowest BCUT2D eigenvalue weighted by Crippen LogP contribution is -2.63. The maximum absolute atomic E-state index is 13.8. The van der Waals surface area contributed by atoms with Crippen LogP contribution in [0.3, 0.4) is 0 Å². The highest BCUT2D eigenvalue weighted by Gasteiger charge is 2.51. The Morgan fingerprint density at radius 2 is 1.11 bits per heavy atom. The zero-order chi connectivity index (χ0) is 43.1. The molecule has 1 aliphatic heterocycles. The number of rotatable bonds is 18. The topological polar surface area (TPSA) is 145 Å². The Kier molecular flexibility index (Phi) is 15.8. The molecule has 2 fully saturated rings. The van der Waals surface area contributed by atoms with Crippen molar-refractivity contribution in [2.45, 2.75) is 68.7 Å². The van der Waals surface area contributed by atoms with E-state index in [0.29, 0.717) is 16.7 Å². The smallest absolute Gasteiger partial charge is 0.338 e. The van der Waals surface area contributed by atoms with Crippen LogP contribution in [0.25, 0.3) is 0 Å². The first-order chi connectivity index (χ1) is 30.4. The van der Waals surface area contributed by atoms with Gasteiger partial charge in [0.25, 0.3) is 0 Å². The van der Waals surface area contributed by atoms with Crippen molar-refractivity contribution in [3.05, 3.63) is 179 Å². The molecule has 7 rings (SSSR count). The summed E-state index contributed by atoms with van der Waals surface area (Å²) in [6.07, 6.45) is -5.15. The van der Waals surface area contributed by atoms with Gasteiger partial charge in [-0.25, -0.2) is 14.4 Å². The Bertz CT molecular complexity index is 2180. The Balaban J connectivity index is 1.23. The second kappa shape index (κ2) is 22.2. The van der Waals surface area contributed by atoms with Crippen molar-refractivity contribution in [3.63, 3.8) is 0 Å². The van der Waals surface area contributed by atoms with Gasteiger partial charge in [-0.3, -0.25) is 4.79 Å². The zero-order valence-corrected chi connectivity index (χ0v) is 34.5. The van der Waals surface area contributed by atoms with E-state index in [0.717, 1.165) is 11.1 Å². The lowest BCUT2D eigenvalue weighted by atomic mass is 9.81. The van der Waals surface area contributed by atoms with Crippen LogP contribution in [-0.2, 0) is 51.2 Å². The highest BCUT2D eigenvalue weighted by atomic mass is 16.6. The molecular weight excluding hydrogens is 791 g/mol. The first kappa shape index (κ1) is 44.0. The molecule has 0 spiro atoms. The van der Waals surface area contributed by atoms with Crippen LogP contribution in [0.2, 0.25) is 0 Å². The van der Waals surface area contributed by atoms with Gasteiger partial charge in [-0.1, -0.05) is 127 Å². The van der Waals surface area contributed by atoms with Gasteiger partial charge in [0, 0.05) is 5.56 Å². The SMILES string of the molecule is COC(=O)C1OCC(OCc2ccccc2)C(OCc2ccccc2)C1OC1CC(COC(=O)c2ccccc2)CC(OC(=O)c2ccccc2)C1NCC(=O)c1ccccc1. The van der Waals surface area contributed by atoms with Crippen molar-refractivity contribution in [1.82, 2.24) is 5.32 Å². The first-order valence-corrected chi connectivity index (χ1v) is 20.8. The monoisotopic (exact) mass is 841 g/mol. The molecule has 8 unspecified atom stereocenters. The second-order valence-corrected chi connectivity index (χ2v) is 15.3. The molecular formula is C50H51NO11. The molecule has 0 aromatic heterocycles. The van der Waals surface area contributed by atoms with E-state index in [1.807, 2.05) is 72.8 Å². The van der Waals surface area contributed by atoms with Crippen LogP contribution in [0.4, 0.5) is 0 Å². The molecule has 5 aromatic carbocycles. The summed E-state index contributed by atoms with van der Waals surface area (Å²) in [4.78, 5) is 54.2. The number of hydrogen-bond donors (Lipinski definition) is 1. The Labute approximate surface area is 361 Å². The molecule has 12 nitrogen and oxygen atoms in total. The van der Waals surface area contributed by atoms with Crippen molar-refractivity contribution in [3.8, 4) is 0 Å². The normalized spacial score (nSPS) is 23.4. The van der Waals surface area contributed by atoms with Gasteiger partial charge in [-0.15, -0.1) is 0 Å². The molecule has 8 atom stereocenters. The third-order valence-corrected chi connectivity index (χ3v) is 11.0. The summed E-state index contributed by atoms with van der Waals surface area (Å²) in [6, 6.07) is 44.6. The van der Waals surface area contributed by atoms with E-state index in [-0.39, 0.29) is 57.5 Å². The largest absolute Gasteiger partial charge is 0.467 e. The summed E-state index contributed by atoms with van der Waals surface area (Å²) in [5.41, 5.74) is 3.04. The molecule has 1 aliphatic carbocycles. The van der Waals surface area contributed by atoms with Gasteiger partial charge in [0.15, 0.2) is 11.9 Å². The van der Waals surface area contributed by atoms with Crippen molar-refractivity contribution in [2.24, 2.45) is 5.92 Å². The van der Waals surface area contributed by atoms with E-state index in [1.54, 1.807) is 78.9 Å². The Morgan fingerprint density at radius 3 is 1.69 bits per heavy atom. The standard InChI is InChI=1S/C50H51NO11/c1-56-50(55)47-46(45(58-31-35-19-9-3-10-20-35)43(33-59-47)57-30-34-17-7-2-8-18-34)61-41-27-36(32-60-48(53)38-23-13-5-14-24-38)28-42(62-49(54)39-25-15-6-16-26-39)44(41)51-29-40(52)37-21-11-4-12-22-37/h2-26,36,41-47,51H,27-33H2,1H3. The maximum Gasteiger partial charge on any atom is 0.338 e. The molecule has 5 aromatic rings. The van der Waals surface area contributed by atoms with Crippen LogP contribution in [0.5, 0.6) is 0 Å². The van der Waals surface area contributed by atoms with Crippen LogP contribution in [0.1, 0.15) is 55.0 Å². The number of carbonyl (C=O) groups is 4. The molecule has 1 saturated heterocycles. The zero-order valence-electron chi connectivity index (χ0n) is 34.5. The van der Waals surface area contributed by atoms with Crippen molar-refractivity contribution >= 4 is 23.7 Å². The highest BCUT2D eigenvalue weighted by molar-refractivity contribution is 5.97. The lowest BCUT2D eigenvalue weighted by molar-refractivity contribution is -0.254. The van der Waals surface area contributed by atoms with Gasteiger partial charge in [0.05, 0.1) is 63.4 Å². The minimum absolute atomic E-state index is 0.000778. The summed E-state index contributed by atoms with van der Waals surface area (Å²) in [5.74, 6) is -2.34. The maximum atomic E-state index is 13.8. The fourth-order valence-electron chi connectivity index (χ4n) is 7.84. The highest BCUT2D eigenvalue weighted by Crippen LogP contribution is 2.35. The van der Waals surface area contributed by atoms with Crippen LogP contribution >= 0.6 is 0 Å². The predicted molar refractivity (Wildman–Crippen MR) is 228 cm³/mol. The van der Waals surface area contributed by atoms with Crippen LogP contribution < -0.4 is 5.32 Å². The van der Waals surface area contributed by atoms with Gasteiger partial charge in [-0.05, 0) is 54.2 Å². The summed E-state index contributed by atoms with van der Waals surface area (Å²) >= 11 is 0. The minimum atomic E-state index is -1.24. The molecule has 2 aliphatic rings. The van der Waals surface area contributed by atoms with Gasteiger partial charge in [0.2, 0.25) is 0 Å². The van der Waals surface area contributed by atoms with E-state index in [4.69, 9.17) is 33.2 Å². The average molecular weight is 842 g/mol. The second-order valence-electron chi connectivity index (χ2n) is 15.3. The van der Waals surface area contributed by atoms with Crippen molar-refractivity contribution in [1.29, 1.82) is 0 Å². The van der Waals surface area contributed by atoms with Gasteiger partial charge >= 0.3 is 17.9 Å². The van der Waals surface area contributed by atoms with E-state index in [9.17, 15) is 19.2 Å². The van der Waals surface area contributed by atoms with Crippen LogP contribution in [0, 0.1) is 5.92 Å². The molecule has 1 saturated carbocycles. The number of methoxy groups -OCH3 is 1. The van der Waals surface area contributed by atoms with E-state index in [2.05, 4.69) is 5.32 Å². The van der Waals surface area contributed by atoms with Gasteiger partial charge in [0.1, 0.15) is 24.4 Å². The van der Waals surface area contributed by atoms with Gasteiger partial charge in [-0.2, -0.15) is 0 Å². The fourth-order valence-corrected chi connectivity index (χ4v) is 7.84.